The second kappa shape index (κ2) is 10.8. The predicted octanol–water partition coefficient (Wildman–Crippen LogP) is 5.19. The first kappa shape index (κ1) is 25.7. The average Bonchev–Trinajstić information content (AvgIpc) is 3.39. The lowest BCUT2D eigenvalue weighted by Crippen LogP contribution is -2.33. The SMILES string of the molecule is Cc1ccc(Br)c(-c2cc(C)c3nc(Nc4ccc(S(=O)(=O)NCCN5CCCC5)cc4)nnc3c2)c1. The molecular formula is C27H29BrN6O2S. The van der Waals surface area contributed by atoms with Crippen LogP contribution in [0, 0.1) is 13.8 Å². The van der Waals surface area contributed by atoms with Crippen molar-refractivity contribution in [2.75, 3.05) is 31.5 Å². The van der Waals surface area contributed by atoms with Crippen LogP contribution in [0.3, 0.4) is 0 Å². The van der Waals surface area contributed by atoms with E-state index < -0.39 is 10.0 Å². The molecular weight excluding hydrogens is 552 g/mol. The Balaban J connectivity index is 1.29. The first-order chi connectivity index (χ1) is 17.8. The number of fused-ring (bicyclic) bond motifs is 1. The molecule has 1 saturated heterocycles. The van der Waals surface area contributed by atoms with Crippen molar-refractivity contribution in [3.63, 3.8) is 0 Å². The van der Waals surface area contributed by atoms with Crippen molar-refractivity contribution in [3.05, 3.63) is 70.2 Å². The first-order valence-corrected chi connectivity index (χ1v) is 14.6. The maximum atomic E-state index is 12.6. The van der Waals surface area contributed by atoms with Crippen molar-refractivity contribution >= 4 is 48.6 Å². The van der Waals surface area contributed by atoms with Gasteiger partial charge in [-0.3, -0.25) is 0 Å². The Hall–Kier alpha value is -2.92. The molecule has 37 heavy (non-hydrogen) atoms. The van der Waals surface area contributed by atoms with Gasteiger partial charge in [0, 0.05) is 23.2 Å². The average molecular weight is 582 g/mol. The van der Waals surface area contributed by atoms with Gasteiger partial charge in [-0.2, -0.15) is 0 Å². The summed E-state index contributed by atoms with van der Waals surface area (Å²) in [5.41, 5.74) is 6.44. The second-order valence-electron chi connectivity index (χ2n) is 9.38. The lowest BCUT2D eigenvalue weighted by atomic mass is 10.0. The predicted molar refractivity (Wildman–Crippen MR) is 151 cm³/mol. The number of likely N-dealkylation sites (tertiary alicyclic amines) is 1. The largest absolute Gasteiger partial charge is 0.323 e. The van der Waals surface area contributed by atoms with E-state index >= 15 is 0 Å². The second-order valence-corrected chi connectivity index (χ2v) is 12.0. The fourth-order valence-electron chi connectivity index (χ4n) is 4.56. The molecule has 0 unspecified atom stereocenters. The van der Waals surface area contributed by atoms with Crippen LogP contribution in [0.5, 0.6) is 0 Å². The molecule has 0 spiro atoms. The molecule has 2 N–H and O–H groups in total. The summed E-state index contributed by atoms with van der Waals surface area (Å²) in [5.74, 6) is 0.347. The third-order valence-corrected chi connectivity index (χ3v) is 8.69. The number of benzene rings is 3. The summed E-state index contributed by atoms with van der Waals surface area (Å²) >= 11 is 3.64. The first-order valence-electron chi connectivity index (χ1n) is 12.3. The molecule has 0 radical (unpaired) electrons. The quantitative estimate of drug-likeness (QED) is 0.296. The molecule has 5 rings (SSSR count). The van der Waals surface area contributed by atoms with Gasteiger partial charge in [-0.25, -0.2) is 18.1 Å². The van der Waals surface area contributed by atoms with Gasteiger partial charge in [0.2, 0.25) is 16.0 Å². The highest BCUT2D eigenvalue weighted by Gasteiger charge is 2.16. The number of nitrogens with one attached hydrogen (secondary N) is 2. The topological polar surface area (TPSA) is 100 Å². The Morgan fingerprint density at radius 2 is 1.73 bits per heavy atom. The molecule has 0 bridgehead atoms. The van der Waals surface area contributed by atoms with E-state index in [0.717, 1.165) is 46.3 Å². The lowest BCUT2D eigenvalue weighted by Gasteiger charge is -2.15. The number of rotatable bonds is 8. The summed E-state index contributed by atoms with van der Waals surface area (Å²) in [4.78, 5) is 7.16. The Kier molecular flexibility index (Phi) is 7.52. The van der Waals surface area contributed by atoms with E-state index in [9.17, 15) is 8.42 Å². The zero-order valence-electron chi connectivity index (χ0n) is 20.8. The van der Waals surface area contributed by atoms with Gasteiger partial charge in [-0.1, -0.05) is 33.6 Å². The minimum atomic E-state index is -3.56. The molecule has 0 aliphatic carbocycles. The van der Waals surface area contributed by atoms with Crippen LogP contribution in [-0.4, -0.2) is 54.7 Å². The van der Waals surface area contributed by atoms with Crippen molar-refractivity contribution in [1.82, 2.24) is 24.8 Å². The van der Waals surface area contributed by atoms with Crippen LogP contribution in [0.1, 0.15) is 24.0 Å². The third-order valence-electron chi connectivity index (χ3n) is 6.52. The number of hydrogen-bond acceptors (Lipinski definition) is 7. The van der Waals surface area contributed by atoms with Crippen molar-refractivity contribution in [2.45, 2.75) is 31.6 Å². The van der Waals surface area contributed by atoms with E-state index in [1.165, 1.54) is 18.4 Å². The van der Waals surface area contributed by atoms with E-state index in [1.807, 2.05) is 19.1 Å². The third kappa shape index (κ3) is 5.98. The summed E-state index contributed by atoms with van der Waals surface area (Å²) in [6, 6.07) is 16.9. The molecule has 1 aliphatic heterocycles. The van der Waals surface area contributed by atoms with Gasteiger partial charge in [-0.15, -0.1) is 10.2 Å². The summed E-state index contributed by atoms with van der Waals surface area (Å²) in [6.07, 6.45) is 2.37. The number of sulfonamides is 1. The summed E-state index contributed by atoms with van der Waals surface area (Å²) in [5, 5.41) is 11.8. The van der Waals surface area contributed by atoms with Crippen LogP contribution in [0.4, 0.5) is 11.6 Å². The zero-order chi connectivity index (χ0) is 26.0. The maximum absolute atomic E-state index is 12.6. The molecule has 10 heteroatoms. The summed E-state index contributed by atoms with van der Waals surface area (Å²) in [7, 11) is -3.56. The summed E-state index contributed by atoms with van der Waals surface area (Å²) < 4.78 is 29.0. The number of nitrogens with zero attached hydrogens (tertiary/aromatic N) is 4. The van der Waals surface area contributed by atoms with Crippen LogP contribution in [0.2, 0.25) is 0 Å². The molecule has 0 saturated carbocycles. The van der Waals surface area contributed by atoms with E-state index in [1.54, 1.807) is 24.3 Å². The molecule has 8 nitrogen and oxygen atoms in total. The number of aromatic nitrogens is 3. The van der Waals surface area contributed by atoms with E-state index in [0.29, 0.717) is 23.7 Å². The molecule has 192 valence electrons. The standard InChI is InChI=1S/C27H29BrN6O2S/c1-18-5-10-24(28)23(15-18)20-16-19(2)26-25(17-20)32-33-27(31-26)30-21-6-8-22(9-7-21)37(35,36)29-11-14-34-12-3-4-13-34/h5-10,15-17,29H,3-4,11-14H2,1-2H3,(H,30,31,33). The van der Waals surface area contributed by atoms with Gasteiger partial charge >= 0.3 is 0 Å². The van der Waals surface area contributed by atoms with Crippen LogP contribution in [-0.2, 0) is 10.0 Å². The molecule has 2 heterocycles. The van der Waals surface area contributed by atoms with Crippen molar-refractivity contribution < 1.29 is 8.42 Å². The van der Waals surface area contributed by atoms with Crippen molar-refractivity contribution in [3.8, 4) is 11.1 Å². The number of anilines is 2. The van der Waals surface area contributed by atoms with Crippen LogP contribution < -0.4 is 10.0 Å². The van der Waals surface area contributed by atoms with Gasteiger partial charge in [0.15, 0.2) is 0 Å². The summed E-state index contributed by atoms with van der Waals surface area (Å²) in [6.45, 7) is 7.29. The molecule has 0 atom stereocenters. The number of hydrogen-bond donors (Lipinski definition) is 2. The molecule has 0 amide bonds. The van der Waals surface area contributed by atoms with Crippen molar-refractivity contribution in [2.24, 2.45) is 0 Å². The smallest absolute Gasteiger partial charge is 0.247 e. The minimum Gasteiger partial charge on any atom is -0.323 e. The normalized spacial score (nSPS) is 14.4. The Labute approximate surface area is 225 Å². The molecule has 1 aliphatic rings. The van der Waals surface area contributed by atoms with Crippen molar-refractivity contribution in [1.29, 1.82) is 0 Å². The number of halogens is 1. The lowest BCUT2D eigenvalue weighted by molar-refractivity contribution is 0.344. The van der Waals surface area contributed by atoms with Crippen LogP contribution in [0.25, 0.3) is 22.2 Å². The molecule has 1 aromatic heterocycles. The zero-order valence-corrected chi connectivity index (χ0v) is 23.2. The molecule has 4 aromatic rings. The van der Waals surface area contributed by atoms with Gasteiger partial charge < -0.3 is 10.2 Å². The van der Waals surface area contributed by atoms with E-state index in [-0.39, 0.29) is 4.90 Å². The van der Waals surface area contributed by atoms with Crippen LogP contribution in [0.15, 0.2) is 64.0 Å². The van der Waals surface area contributed by atoms with Gasteiger partial charge in [0.25, 0.3) is 0 Å². The highest BCUT2D eigenvalue weighted by molar-refractivity contribution is 9.10. The Bertz CT molecular complexity index is 1540. The van der Waals surface area contributed by atoms with E-state index in [2.05, 4.69) is 71.2 Å². The van der Waals surface area contributed by atoms with Gasteiger partial charge in [-0.05, 0) is 98.9 Å². The molecule has 3 aromatic carbocycles. The van der Waals surface area contributed by atoms with Gasteiger partial charge in [0.1, 0.15) is 5.52 Å². The Morgan fingerprint density at radius 1 is 0.973 bits per heavy atom. The minimum absolute atomic E-state index is 0.225. The van der Waals surface area contributed by atoms with Crippen LogP contribution >= 0.6 is 15.9 Å². The van der Waals surface area contributed by atoms with Gasteiger partial charge in [0.05, 0.1) is 10.4 Å². The fraction of sp³-hybridized carbons (Fsp3) is 0.296. The monoisotopic (exact) mass is 580 g/mol. The Morgan fingerprint density at radius 3 is 2.49 bits per heavy atom. The highest BCUT2D eigenvalue weighted by atomic mass is 79.9. The maximum Gasteiger partial charge on any atom is 0.247 e. The highest BCUT2D eigenvalue weighted by Crippen LogP contribution is 2.32. The number of aryl methyl sites for hydroxylation is 2. The fourth-order valence-corrected chi connectivity index (χ4v) is 6.05. The molecule has 1 fully saturated rings. The van der Waals surface area contributed by atoms with E-state index in [4.69, 9.17) is 0 Å².